The van der Waals surface area contributed by atoms with Crippen molar-refractivity contribution < 1.29 is 27.5 Å². The van der Waals surface area contributed by atoms with Gasteiger partial charge in [0.05, 0.1) is 20.3 Å². The van der Waals surface area contributed by atoms with Crippen LogP contribution < -0.4 is 20.3 Å². The number of halogens is 1. The molecule has 2 amide bonds. The summed E-state index contributed by atoms with van der Waals surface area (Å²) in [5.74, 6) is -1.54. The number of nitrogens with zero attached hydrogens (tertiary/aromatic N) is 3. The van der Waals surface area contributed by atoms with Gasteiger partial charge in [-0.3, -0.25) is 19.8 Å². The summed E-state index contributed by atoms with van der Waals surface area (Å²) in [6.45, 7) is 0. The highest BCUT2D eigenvalue weighted by atomic mass is 35.5. The Morgan fingerprint density at radius 1 is 1.33 bits per heavy atom. The summed E-state index contributed by atoms with van der Waals surface area (Å²) in [6.07, 6.45) is 0. The maximum absolute atomic E-state index is 12.5. The lowest BCUT2D eigenvalue weighted by molar-refractivity contribution is 0.0596. The average Bonchev–Trinajstić information content (AvgIpc) is 2.87. The molecule has 13 nitrogen and oxygen atoms in total. The Kier molecular flexibility index (Phi) is 5.70. The summed E-state index contributed by atoms with van der Waals surface area (Å²) in [4.78, 5) is 41.1. The van der Waals surface area contributed by atoms with Gasteiger partial charge in [0.2, 0.25) is 11.8 Å². The zero-order valence-corrected chi connectivity index (χ0v) is 15.6. The van der Waals surface area contributed by atoms with Crippen molar-refractivity contribution in [1.82, 2.24) is 24.5 Å². The number of anilines is 1. The molecule has 0 saturated carbocycles. The number of carbonyl (C=O) groups is 2. The first kappa shape index (κ1) is 20.2. The average molecular weight is 421 g/mol. The van der Waals surface area contributed by atoms with E-state index in [2.05, 4.69) is 19.8 Å². The molecule has 2 aromatic heterocycles. The van der Waals surface area contributed by atoms with Crippen LogP contribution in [0.25, 0.3) is 0 Å². The lowest BCUT2D eigenvalue weighted by atomic mass is 10.4. The molecule has 0 atom stereocenters. The highest BCUT2D eigenvalue weighted by Gasteiger charge is 2.33. The van der Waals surface area contributed by atoms with E-state index in [4.69, 9.17) is 16.3 Å². The van der Waals surface area contributed by atoms with Crippen molar-refractivity contribution in [2.24, 2.45) is 7.05 Å². The van der Waals surface area contributed by atoms with Gasteiger partial charge in [-0.1, -0.05) is 11.6 Å². The van der Waals surface area contributed by atoms with Crippen LogP contribution in [-0.4, -0.2) is 54.4 Å². The van der Waals surface area contributed by atoms with Gasteiger partial charge in [-0.05, 0) is 0 Å². The summed E-state index contributed by atoms with van der Waals surface area (Å²) >= 11 is 5.76. The van der Waals surface area contributed by atoms with Gasteiger partial charge in [0.25, 0.3) is 15.6 Å². The number of nitrogens with one attached hydrogen (secondary N) is 3. The van der Waals surface area contributed by atoms with E-state index in [1.807, 2.05) is 5.32 Å². The normalized spacial score (nSPS) is 11.0. The fraction of sp³-hybridized carbons (Fsp3) is 0.250. The Morgan fingerprint density at radius 3 is 2.59 bits per heavy atom. The summed E-state index contributed by atoms with van der Waals surface area (Å²) in [5.41, 5.74) is -1.19. The molecule has 0 aromatic carbocycles. The Bertz CT molecular complexity index is 1060. The van der Waals surface area contributed by atoms with Gasteiger partial charge in [0.15, 0.2) is 10.2 Å². The highest BCUT2D eigenvalue weighted by molar-refractivity contribution is 7.90. The summed E-state index contributed by atoms with van der Waals surface area (Å²) in [5, 5.41) is 4.52. The minimum absolute atomic E-state index is 0.108. The Hall–Kier alpha value is -3.13. The largest absolute Gasteiger partial charge is 0.481 e. The first-order chi connectivity index (χ1) is 12.6. The minimum atomic E-state index is -4.60. The van der Waals surface area contributed by atoms with E-state index in [0.717, 1.165) is 17.9 Å². The van der Waals surface area contributed by atoms with E-state index in [1.54, 1.807) is 4.72 Å². The lowest BCUT2D eigenvalue weighted by Crippen LogP contribution is -2.37. The third-order valence-electron chi connectivity index (χ3n) is 2.98. The molecule has 27 heavy (non-hydrogen) atoms. The number of hydrogen-bond acceptors (Lipinski definition) is 9. The van der Waals surface area contributed by atoms with Crippen molar-refractivity contribution in [3.8, 4) is 5.88 Å². The maximum atomic E-state index is 12.5. The molecule has 2 heterocycles. The summed E-state index contributed by atoms with van der Waals surface area (Å²) in [7, 11) is -1.13. The van der Waals surface area contributed by atoms with Crippen molar-refractivity contribution in [1.29, 1.82) is 0 Å². The number of urea groups is 1. The molecule has 2 rings (SSSR count). The number of amides is 2. The standard InChI is InChI=1S/C12H13ClN6O7S/c1-19-9(7(8(13)17-19)10(21)26-3)27(23,24)18-12(22)16-11-14-5(20)4-6(15-11)25-2/h4H,1-3H3,(H3,14,15,16,18,20,22). The van der Waals surface area contributed by atoms with Crippen molar-refractivity contribution in [2.75, 3.05) is 19.5 Å². The fourth-order valence-electron chi connectivity index (χ4n) is 1.96. The van der Waals surface area contributed by atoms with Crippen LogP contribution in [0.5, 0.6) is 5.88 Å². The van der Waals surface area contributed by atoms with Crippen LogP contribution in [0, 0.1) is 0 Å². The van der Waals surface area contributed by atoms with Gasteiger partial charge in [-0.25, -0.2) is 14.3 Å². The molecular formula is C12H13ClN6O7S. The van der Waals surface area contributed by atoms with Crippen LogP contribution in [0.15, 0.2) is 15.9 Å². The van der Waals surface area contributed by atoms with Gasteiger partial charge in [-0.2, -0.15) is 18.5 Å². The minimum Gasteiger partial charge on any atom is -0.481 e. The number of methoxy groups -OCH3 is 2. The second kappa shape index (κ2) is 7.63. The number of aromatic nitrogens is 4. The number of aromatic amines is 1. The predicted octanol–water partition coefficient (Wildman–Crippen LogP) is -0.538. The smallest absolute Gasteiger partial charge is 0.344 e. The SMILES string of the molecule is COC(=O)c1c(Cl)nn(C)c1S(=O)(=O)NC(=O)Nc1nc(OC)cc(=O)[nH]1. The molecule has 3 N–H and O–H groups in total. The molecule has 0 aliphatic heterocycles. The number of aryl methyl sites for hydroxylation is 1. The molecule has 2 aromatic rings. The van der Waals surface area contributed by atoms with Gasteiger partial charge < -0.3 is 9.47 Å². The van der Waals surface area contributed by atoms with Gasteiger partial charge in [0.1, 0.15) is 5.56 Å². The number of H-pyrrole nitrogens is 1. The van der Waals surface area contributed by atoms with Gasteiger partial charge in [0, 0.05) is 7.05 Å². The molecule has 146 valence electrons. The molecule has 0 radical (unpaired) electrons. The van der Waals surface area contributed by atoms with Crippen LogP contribution in [0.4, 0.5) is 10.7 Å². The van der Waals surface area contributed by atoms with Gasteiger partial charge in [-0.15, -0.1) is 0 Å². The van der Waals surface area contributed by atoms with E-state index < -0.39 is 43.3 Å². The van der Waals surface area contributed by atoms with E-state index in [-0.39, 0.29) is 11.8 Å². The Morgan fingerprint density at radius 2 is 2.00 bits per heavy atom. The Balaban J connectivity index is 2.32. The predicted molar refractivity (Wildman–Crippen MR) is 90.3 cm³/mol. The number of ether oxygens (including phenoxy) is 2. The third kappa shape index (κ3) is 4.35. The Labute approximate surface area is 156 Å². The van der Waals surface area contributed by atoms with Crippen LogP contribution in [-0.2, 0) is 21.8 Å². The summed E-state index contributed by atoms with van der Waals surface area (Å²) < 4.78 is 36.6. The summed E-state index contributed by atoms with van der Waals surface area (Å²) in [6, 6.07) is -0.264. The van der Waals surface area contributed by atoms with Crippen LogP contribution in [0.2, 0.25) is 5.15 Å². The quantitative estimate of drug-likeness (QED) is 0.536. The monoisotopic (exact) mass is 420 g/mol. The third-order valence-corrected chi connectivity index (χ3v) is 4.68. The molecule has 0 aliphatic carbocycles. The van der Waals surface area contributed by atoms with Crippen molar-refractivity contribution in [3.63, 3.8) is 0 Å². The molecule has 0 bridgehead atoms. The first-order valence-electron chi connectivity index (χ1n) is 6.89. The molecule has 15 heteroatoms. The van der Waals surface area contributed by atoms with Crippen molar-refractivity contribution in [2.45, 2.75) is 5.03 Å². The van der Waals surface area contributed by atoms with Crippen LogP contribution in [0.1, 0.15) is 10.4 Å². The van der Waals surface area contributed by atoms with E-state index in [9.17, 15) is 22.8 Å². The fourth-order valence-corrected chi connectivity index (χ4v) is 3.53. The molecule has 0 unspecified atom stereocenters. The number of sulfonamides is 1. The second-order valence-corrected chi connectivity index (χ2v) is 6.74. The zero-order valence-electron chi connectivity index (χ0n) is 14.1. The van der Waals surface area contributed by atoms with Gasteiger partial charge >= 0.3 is 12.0 Å². The molecular weight excluding hydrogens is 408 g/mol. The highest BCUT2D eigenvalue weighted by Crippen LogP contribution is 2.23. The van der Waals surface area contributed by atoms with E-state index in [1.165, 1.54) is 14.2 Å². The zero-order chi connectivity index (χ0) is 20.4. The van der Waals surface area contributed by atoms with Crippen LogP contribution in [0.3, 0.4) is 0 Å². The number of carbonyl (C=O) groups excluding carboxylic acids is 2. The van der Waals surface area contributed by atoms with Crippen LogP contribution >= 0.6 is 11.6 Å². The van der Waals surface area contributed by atoms with E-state index in [0.29, 0.717) is 0 Å². The first-order valence-corrected chi connectivity index (χ1v) is 8.75. The number of hydrogen-bond donors (Lipinski definition) is 3. The molecule has 0 saturated heterocycles. The van der Waals surface area contributed by atoms with Crippen molar-refractivity contribution in [3.05, 3.63) is 27.1 Å². The maximum Gasteiger partial charge on any atom is 0.344 e. The molecule has 0 fully saturated rings. The van der Waals surface area contributed by atoms with E-state index >= 15 is 0 Å². The topological polar surface area (TPSA) is 174 Å². The number of esters is 1. The number of rotatable bonds is 5. The molecule has 0 aliphatic rings. The lowest BCUT2D eigenvalue weighted by Gasteiger charge is -2.09. The second-order valence-electron chi connectivity index (χ2n) is 4.78. The van der Waals surface area contributed by atoms with Crippen molar-refractivity contribution >= 4 is 39.6 Å². The molecule has 0 spiro atoms.